The van der Waals surface area contributed by atoms with E-state index in [0.29, 0.717) is 22.8 Å². The first-order valence-corrected chi connectivity index (χ1v) is 12.1. The maximum absolute atomic E-state index is 14.8. The molecule has 2 aromatic carbocycles. The number of nitrogens with zero attached hydrogens (tertiary/aromatic N) is 1. The average Bonchev–Trinajstić information content (AvgIpc) is 2.81. The summed E-state index contributed by atoms with van der Waals surface area (Å²) in [6.07, 6.45) is 4.07. The zero-order chi connectivity index (χ0) is 26.3. The molecule has 0 aliphatic heterocycles. The Hall–Kier alpha value is -3.48. The van der Waals surface area contributed by atoms with E-state index in [1.807, 2.05) is 18.2 Å². The minimum atomic E-state index is -0.941. The zero-order valence-corrected chi connectivity index (χ0v) is 21.2. The fourth-order valence-corrected chi connectivity index (χ4v) is 4.43. The highest BCUT2D eigenvalue weighted by atomic mass is 19.1. The van der Waals surface area contributed by atoms with Gasteiger partial charge in [-0.1, -0.05) is 45.4 Å². The van der Waals surface area contributed by atoms with Crippen LogP contribution in [0.1, 0.15) is 56.7 Å². The van der Waals surface area contributed by atoms with Gasteiger partial charge >= 0.3 is 5.97 Å². The van der Waals surface area contributed by atoms with Crippen LogP contribution in [-0.4, -0.2) is 23.2 Å². The van der Waals surface area contributed by atoms with Crippen LogP contribution in [0.3, 0.4) is 0 Å². The van der Waals surface area contributed by atoms with Crippen LogP contribution in [0.2, 0.25) is 0 Å². The molecular formula is C29H33F2NO4. The molecule has 7 heteroatoms. The predicted molar refractivity (Wildman–Crippen MR) is 135 cm³/mol. The number of hydrogen-bond acceptors (Lipinski definition) is 4. The minimum absolute atomic E-state index is 0.00181. The van der Waals surface area contributed by atoms with Crippen LogP contribution in [0.5, 0.6) is 11.6 Å². The first kappa shape index (κ1) is 27.1. The first-order chi connectivity index (χ1) is 17.1. The standard InChI is InChI=1S/C29H33F2NO4/c1-5-10-29(2,3)16-21-11-20(6-8-24(21)25-15-27(35-4)32-17-26(25)31)18-36-23-13-19(7-9-28(33)34)12-22(30)14-23/h6,8,11-15,17H,5,7,9-10,16,18H2,1-4H3,(H,33,34). The van der Waals surface area contributed by atoms with Crippen molar-refractivity contribution in [3.63, 3.8) is 0 Å². The molecule has 1 N–H and O–H groups in total. The molecule has 0 saturated heterocycles. The fourth-order valence-electron chi connectivity index (χ4n) is 4.43. The maximum atomic E-state index is 14.8. The minimum Gasteiger partial charge on any atom is -0.489 e. The quantitative estimate of drug-likeness (QED) is 0.292. The Bertz CT molecular complexity index is 1210. The Morgan fingerprint density at radius 3 is 2.53 bits per heavy atom. The van der Waals surface area contributed by atoms with Gasteiger partial charge in [0.15, 0.2) is 0 Å². The molecular weight excluding hydrogens is 464 g/mol. The van der Waals surface area contributed by atoms with Crippen molar-refractivity contribution in [2.45, 2.75) is 59.5 Å². The summed E-state index contributed by atoms with van der Waals surface area (Å²) in [5.41, 5.74) is 3.58. The average molecular weight is 498 g/mol. The van der Waals surface area contributed by atoms with Gasteiger partial charge in [-0.25, -0.2) is 13.8 Å². The largest absolute Gasteiger partial charge is 0.489 e. The van der Waals surface area contributed by atoms with E-state index in [9.17, 15) is 13.6 Å². The number of methoxy groups -OCH3 is 1. The monoisotopic (exact) mass is 497 g/mol. The van der Waals surface area contributed by atoms with Gasteiger partial charge < -0.3 is 14.6 Å². The van der Waals surface area contributed by atoms with Crippen molar-refractivity contribution in [3.8, 4) is 22.8 Å². The van der Waals surface area contributed by atoms with Crippen molar-refractivity contribution < 1.29 is 28.2 Å². The van der Waals surface area contributed by atoms with Crippen LogP contribution >= 0.6 is 0 Å². The predicted octanol–water partition coefficient (Wildman–Crippen LogP) is 7.00. The molecule has 0 spiro atoms. The number of halogens is 2. The van der Waals surface area contributed by atoms with Gasteiger partial charge in [-0.05, 0) is 59.1 Å². The lowest BCUT2D eigenvalue weighted by molar-refractivity contribution is -0.136. The number of carboxylic acid groups (broad SMARTS) is 1. The second kappa shape index (κ2) is 12.0. The molecule has 1 heterocycles. The van der Waals surface area contributed by atoms with Gasteiger partial charge in [-0.3, -0.25) is 4.79 Å². The molecule has 3 rings (SSSR count). The van der Waals surface area contributed by atoms with Crippen molar-refractivity contribution >= 4 is 5.97 Å². The van der Waals surface area contributed by atoms with E-state index in [4.69, 9.17) is 14.6 Å². The summed E-state index contributed by atoms with van der Waals surface area (Å²) in [5.74, 6) is -1.18. The molecule has 0 aliphatic carbocycles. The normalized spacial score (nSPS) is 11.4. The van der Waals surface area contributed by atoms with Crippen molar-refractivity contribution in [1.82, 2.24) is 4.98 Å². The second-order valence-corrected chi connectivity index (χ2v) is 9.77. The summed E-state index contributed by atoms with van der Waals surface area (Å²) < 4.78 is 39.9. The van der Waals surface area contributed by atoms with E-state index in [2.05, 4.69) is 25.8 Å². The van der Waals surface area contributed by atoms with Gasteiger partial charge in [0.05, 0.1) is 13.3 Å². The summed E-state index contributed by atoms with van der Waals surface area (Å²) in [5, 5.41) is 8.90. The number of hydrogen-bond donors (Lipinski definition) is 1. The molecule has 5 nitrogen and oxygen atoms in total. The number of ether oxygens (including phenoxy) is 2. The van der Waals surface area contributed by atoms with Crippen molar-refractivity contribution in [2.75, 3.05) is 7.11 Å². The van der Waals surface area contributed by atoms with Gasteiger partial charge in [-0.2, -0.15) is 0 Å². The van der Waals surface area contributed by atoms with E-state index in [1.54, 1.807) is 12.1 Å². The van der Waals surface area contributed by atoms with E-state index >= 15 is 0 Å². The number of aryl methyl sites for hydroxylation is 1. The molecule has 0 radical (unpaired) electrons. The molecule has 36 heavy (non-hydrogen) atoms. The van der Waals surface area contributed by atoms with Crippen LogP contribution in [0.4, 0.5) is 8.78 Å². The van der Waals surface area contributed by atoms with Gasteiger partial charge in [0, 0.05) is 24.1 Å². The number of aliphatic carboxylic acids is 1. The lowest BCUT2D eigenvalue weighted by Crippen LogP contribution is -2.15. The smallest absolute Gasteiger partial charge is 0.303 e. The topological polar surface area (TPSA) is 68.7 Å². The molecule has 192 valence electrons. The Labute approximate surface area is 211 Å². The molecule has 0 fully saturated rings. The van der Waals surface area contributed by atoms with Gasteiger partial charge in [0.2, 0.25) is 5.88 Å². The van der Waals surface area contributed by atoms with E-state index in [1.165, 1.54) is 19.2 Å². The SMILES string of the molecule is CCCC(C)(C)Cc1cc(COc2cc(F)cc(CCC(=O)O)c2)ccc1-c1cc(OC)ncc1F. The van der Waals surface area contributed by atoms with Gasteiger partial charge in [0.1, 0.15) is 24.0 Å². The molecule has 0 aliphatic rings. The molecule has 1 aromatic heterocycles. The Kier molecular flexibility index (Phi) is 9.02. The zero-order valence-electron chi connectivity index (χ0n) is 21.2. The van der Waals surface area contributed by atoms with Crippen LogP contribution < -0.4 is 9.47 Å². The van der Waals surface area contributed by atoms with Gasteiger partial charge in [-0.15, -0.1) is 0 Å². The van der Waals surface area contributed by atoms with Crippen molar-refractivity contribution in [2.24, 2.45) is 5.41 Å². The molecule has 0 bridgehead atoms. The van der Waals surface area contributed by atoms with E-state index in [-0.39, 0.29) is 24.9 Å². The molecule has 3 aromatic rings. The van der Waals surface area contributed by atoms with Crippen molar-refractivity contribution in [3.05, 3.63) is 77.0 Å². The van der Waals surface area contributed by atoms with Crippen LogP contribution in [0.25, 0.3) is 11.1 Å². The fraction of sp³-hybridized carbons (Fsp3) is 0.379. The number of aromatic nitrogens is 1. The Morgan fingerprint density at radius 1 is 1.06 bits per heavy atom. The lowest BCUT2D eigenvalue weighted by atomic mass is 9.79. The van der Waals surface area contributed by atoms with Crippen molar-refractivity contribution in [1.29, 1.82) is 0 Å². The third kappa shape index (κ3) is 7.51. The molecule has 0 unspecified atom stereocenters. The second-order valence-electron chi connectivity index (χ2n) is 9.77. The number of rotatable bonds is 12. The highest BCUT2D eigenvalue weighted by Gasteiger charge is 2.21. The number of carbonyl (C=O) groups is 1. The summed E-state index contributed by atoms with van der Waals surface area (Å²) in [6, 6.07) is 11.6. The lowest BCUT2D eigenvalue weighted by Gasteiger charge is -2.26. The summed E-state index contributed by atoms with van der Waals surface area (Å²) in [7, 11) is 1.50. The Balaban J connectivity index is 1.91. The summed E-state index contributed by atoms with van der Waals surface area (Å²) in [6.45, 7) is 6.71. The summed E-state index contributed by atoms with van der Waals surface area (Å²) in [4.78, 5) is 14.8. The molecule has 0 saturated carbocycles. The van der Waals surface area contributed by atoms with Gasteiger partial charge in [0.25, 0.3) is 0 Å². The third-order valence-electron chi connectivity index (χ3n) is 6.06. The maximum Gasteiger partial charge on any atom is 0.303 e. The van der Waals surface area contributed by atoms with E-state index < -0.39 is 17.6 Å². The van der Waals surface area contributed by atoms with E-state index in [0.717, 1.165) is 42.1 Å². The highest BCUT2D eigenvalue weighted by Crippen LogP contribution is 2.35. The number of benzene rings is 2. The van der Waals surface area contributed by atoms with Crippen LogP contribution in [0, 0.1) is 17.0 Å². The number of carboxylic acids is 1. The molecule has 0 atom stereocenters. The third-order valence-corrected chi connectivity index (χ3v) is 6.06. The van der Waals surface area contributed by atoms with Crippen LogP contribution in [0.15, 0.2) is 48.7 Å². The highest BCUT2D eigenvalue weighted by molar-refractivity contribution is 5.69. The van der Waals surface area contributed by atoms with Crippen LogP contribution in [-0.2, 0) is 24.2 Å². The Morgan fingerprint density at radius 2 is 1.83 bits per heavy atom. The number of pyridine rings is 1. The molecule has 0 amide bonds. The summed E-state index contributed by atoms with van der Waals surface area (Å²) >= 11 is 0. The first-order valence-electron chi connectivity index (χ1n) is 12.1.